The second-order valence-corrected chi connectivity index (χ2v) is 7.61. The molecule has 2 aliphatic rings. The molecule has 1 atom stereocenters. The Bertz CT molecular complexity index is 981. The van der Waals surface area contributed by atoms with Gasteiger partial charge in [-0.25, -0.2) is 4.39 Å². The van der Waals surface area contributed by atoms with Crippen LogP contribution in [-0.4, -0.2) is 27.7 Å². The normalized spacial score (nSPS) is 22.2. The first kappa shape index (κ1) is 18.7. The molecule has 6 heteroatoms. The van der Waals surface area contributed by atoms with Crippen molar-refractivity contribution in [1.29, 1.82) is 0 Å². The lowest BCUT2D eigenvalue weighted by Gasteiger charge is -2.30. The van der Waals surface area contributed by atoms with Crippen LogP contribution in [0.5, 0.6) is 0 Å². The number of nitrogens with zero attached hydrogens (tertiary/aromatic N) is 1. The van der Waals surface area contributed by atoms with Crippen LogP contribution in [0, 0.1) is 5.82 Å². The number of ketones is 1. The number of hydrogen-bond acceptors (Lipinski definition) is 3. The van der Waals surface area contributed by atoms with Crippen molar-refractivity contribution < 1.29 is 19.1 Å². The van der Waals surface area contributed by atoms with Gasteiger partial charge in [0.1, 0.15) is 11.6 Å². The van der Waals surface area contributed by atoms with E-state index in [0.29, 0.717) is 10.6 Å². The lowest BCUT2D eigenvalue weighted by molar-refractivity contribution is -0.141. The summed E-state index contributed by atoms with van der Waals surface area (Å²) in [6.07, 6.45) is 3.42. The summed E-state index contributed by atoms with van der Waals surface area (Å²) in [5.74, 6) is -2.34. The Morgan fingerprint density at radius 2 is 1.79 bits per heavy atom. The maximum absolute atomic E-state index is 14.7. The van der Waals surface area contributed by atoms with E-state index in [1.54, 1.807) is 36.4 Å². The molecule has 2 aromatic rings. The first-order chi connectivity index (χ1) is 13.5. The van der Waals surface area contributed by atoms with Gasteiger partial charge in [-0.05, 0) is 31.0 Å². The molecule has 0 aromatic heterocycles. The Labute approximate surface area is 167 Å². The highest BCUT2D eigenvalue weighted by atomic mass is 35.5. The third kappa shape index (κ3) is 3.10. The summed E-state index contributed by atoms with van der Waals surface area (Å²) in [7, 11) is 0. The molecule has 1 aliphatic heterocycles. The fourth-order valence-corrected chi connectivity index (χ4v) is 4.39. The smallest absolute Gasteiger partial charge is 0.295 e. The van der Waals surface area contributed by atoms with Crippen molar-refractivity contribution in [2.75, 3.05) is 0 Å². The van der Waals surface area contributed by atoms with E-state index in [1.165, 1.54) is 17.0 Å². The third-order valence-corrected chi connectivity index (χ3v) is 5.73. The van der Waals surface area contributed by atoms with Crippen LogP contribution < -0.4 is 0 Å². The minimum Gasteiger partial charge on any atom is -0.507 e. The number of amides is 1. The molecule has 1 N–H and O–H groups in total. The second-order valence-electron chi connectivity index (χ2n) is 7.18. The molecule has 0 spiro atoms. The van der Waals surface area contributed by atoms with Crippen LogP contribution in [0.15, 0.2) is 54.1 Å². The maximum Gasteiger partial charge on any atom is 0.295 e. The van der Waals surface area contributed by atoms with Crippen molar-refractivity contribution in [3.63, 3.8) is 0 Å². The quantitative estimate of drug-likeness (QED) is 0.456. The van der Waals surface area contributed by atoms with Gasteiger partial charge >= 0.3 is 0 Å². The molecule has 2 aromatic carbocycles. The van der Waals surface area contributed by atoms with Gasteiger partial charge in [-0.1, -0.05) is 54.8 Å². The molecule has 4 nitrogen and oxygen atoms in total. The monoisotopic (exact) mass is 399 g/mol. The minimum absolute atomic E-state index is 0.0933. The summed E-state index contributed by atoms with van der Waals surface area (Å²) in [6.45, 7) is 0. The van der Waals surface area contributed by atoms with Gasteiger partial charge in [-0.15, -0.1) is 0 Å². The van der Waals surface area contributed by atoms with Gasteiger partial charge in [0, 0.05) is 22.2 Å². The summed E-state index contributed by atoms with van der Waals surface area (Å²) >= 11 is 6.02. The lowest BCUT2D eigenvalue weighted by Crippen LogP contribution is -2.38. The Morgan fingerprint density at radius 1 is 1.07 bits per heavy atom. The number of carbonyl (C=O) groups excluding carboxylic acids is 2. The van der Waals surface area contributed by atoms with Crippen molar-refractivity contribution in [3.05, 3.63) is 76.1 Å². The SMILES string of the molecule is O=C1C(=O)N(C2CCCC2)C(c2ccccc2F)/C1=C(/O)c1cccc(Cl)c1. The molecule has 144 valence electrons. The van der Waals surface area contributed by atoms with Gasteiger partial charge in [0.05, 0.1) is 11.6 Å². The first-order valence-electron chi connectivity index (χ1n) is 9.29. The number of aliphatic hydroxyl groups is 1. The van der Waals surface area contributed by atoms with Crippen LogP contribution in [-0.2, 0) is 9.59 Å². The van der Waals surface area contributed by atoms with Crippen LogP contribution in [0.4, 0.5) is 4.39 Å². The van der Waals surface area contributed by atoms with Crippen LogP contribution in [0.2, 0.25) is 5.02 Å². The Morgan fingerprint density at radius 3 is 2.46 bits per heavy atom. The van der Waals surface area contributed by atoms with E-state index >= 15 is 0 Å². The molecule has 1 saturated heterocycles. The number of Topliss-reactive ketones (excluding diaryl/α,β-unsaturated/α-hetero) is 1. The summed E-state index contributed by atoms with van der Waals surface area (Å²) < 4.78 is 14.7. The van der Waals surface area contributed by atoms with Gasteiger partial charge < -0.3 is 10.0 Å². The fraction of sp³-hybridized carbons (Fsp3) is 0.273. The zero-order valence-electron chi connectivity index (χ0n) is 15.1. The van der Waals surface area contributed by atoms with Crippen molar-refractivity contribution in [2.24, 2.45) is 0 Å². The van der Waals surface area contributed by atoms with Gasteiger partial charge in [0.15, 0.2) is 0 Å². The van der Waals surface area contributed by atoms with E-state index in [9.17, 15) is 19.1 Å². The van der Waals surface area contributed by atoms with E-state index in [0.717, 1.165) is 25.7 Å². The molecular weight excluding hydrogens is 381 g/mol. The maximum atomic E-state index is 14.7. The number of carbonyl (C=O) groups is 2. The van der Waals surface area contributed by atoms with E-state index in [2.05, 4.69) is 0 Å². The Balaban J connectivity index is 1.92. The van der Waals surface area contributed by atoms with Gasteiger partial charge in [0.25, 0.3) is 11.7 Å². The predicted molar refractivity (Wildman–Crippen MR) is 104 cm³/mol. The minimum atomic E-state index is -0.955. The van der Waals surface area contributed by atoms with Crippen LogP contribution in [0.3, 0.4) is 0 Å². The topological polar surface area (TPSA) is 57.6 Å². The van der Waals surface area contributed by atoms with Gasteiger partial charge in [0.2, 0.25) is 0 Å². The molecule has 1 unspecified atom stereocenters. The van der Waals surface area contributed by atoms with Crippen molar-refractivity contribution >= 4 is 29.1 Å². The highest BCUT2D eigenvalue weighted by Gasteiger charge is 2.49. The lowest BCUT2D eigenvalue weighted by atomic mass is 9.94. The van der Waals surface area contributed by atoms with E-state index in [1.807, 2.05) is 0 Å². The molecule has 1 amide bonds. The number of halogens is 2. The first-order valence-corrected chi connectivity index (χ1v) is 9.67. The molecule has 0 bridgehead atoms. The number of likely N-dealkylation sites (tertiary alicyclic amines) is 1. The molecular formula is C22H19ClFNO3. The van der Waals surface area contributed by atoms with E-state index < -0.39 is 23.5 Å². The van der Waals surface area contributed by atoms with Crippen LogP contribution in [0.25, 0.3) is 5.76 Å². The summed E-state index contributed by atoms with van der Waals surface area (Å²) in [5, 5.41) is 11.3. The average molecular weight is 400 g/mol. The van der Waals surface area contributed by atoms with Crippen molar-refractivity contribution in [1.82, 2.24) is 4.90 Å². The third-order valence-electron chi connectivity index (χ3n) is 5.50. The zero-order chi connectivity index (χ0) is 19.8. The van der Waals surface area contributed by atoms with E-state index in [-0.39, 0.29) is 22.9 Å². The molecule has 4 rings (SSSR count). The average Bonchev–Trinajstić information content (AvgIpc) is 3.29. The Kier molecular flexibility index (Phi) is 4.94. The molecule has 1 heterocycles. The molecule has 2 fully saturated rings. The summed E-state index contributed by atoms with van der Waals surface area (Å²) in [6, 6.07) is 11.4. The second kappa shape index (κ2) is 7.40. The van der Waals surface area contributed by atoms with Crippen LogP contribution in [0.1, 0.15) is 42.9 Å². The summed E-state index contributed by atoms with van der Waals surface area (Å²) in [5.41, 5.74) is 0.430. The number of aliphatic hydroxyl groups excluding tert-OH is 1. The molecule has 1 saturated carbocycles. The summed E-state index contributed by atoms with van der Waals surface area (Å²) in [4.78, 5) is 27.2. The molecule has 0 radical (unpaired) electrons. The number of rotatable bonds is 3. The van der Waals surface area contributed by atoms with Crippen molar-refractivity contribution in [3.8, 4) is 0 Å². The highest BCUT2D eigenvalue weighted by Crippen LogP contribution is 2.44. The van der Waals surface area contributed by atoms with Crippen LogP contribution >= 0.6 is 11.6 Å². The Hall–Kier alpha value is -2.66. The zero-order valence-corrected chi connectivity index (χ0v) is 15.8. The number of benzene rings is 2. The fourth-order valence-electron chi connectivity index (χ4n) is 4.20. The van der Waals surface area contributed by atoms with Gasteiger partial charge in [-0.2, -0.15) is 0 Å². The van der Waals surface area contributed by atoms with Gasteiger partial charge in [-0.3, -0.25) is 9.59 Å². The van der Waals surface area contributed by atoms with E-state index in [4.69, 9.17) is 11.6 Å². The number of hydrogen-bond donors (Lipinski definition) is 1. The largest absolute Gasteiger partial charge is 0.507 e. The standard InChI is InChI=1S/C22H19ClFNO3/c23-14-7-5-6-13(12-14)20(26)18-19(16-10-3-4-11-17(16)24)25(22(28)21(18)27)15-8-1-2-9-15/h3-7,10-12,15,19,26H,1-2,8-9H2/b20-18-. The predicted octanol–water partition coefficient (Wildman–Crippen LogP) is 4.84. The van der Waals surface area contributed by atoms with Crippen molar-refractivity contribution in [2.45, 2.75) is 37.8 Å². The molecule has 1 aliphatic carbocycles. The highest BCUT2D eigenvalue weighted by molar-refractivity contribution is 6.46. The molecule has 28 heavy (non-hydrogen) atoms.